The van der Waals surface area contributed by atoms with Crippen LogP contribution in [-0.2, 0) is 7.05 Å². The van der Waals surface area contributed by atoms with Crippen LogP contribution < -0.4 is 4.74 Å². The van der Waals surface area contributed by atoms with Gasteiger partial charge in [0.25, 0.3) is 0 Å². The number of phenols is 1. The highest BCUT2D eigenvalue weighted by atomic mass is 16.5. The average Bonchev–Trinajstić information content (AvgIpc) is 3.02. The number of nitriles is 1. The Balaban J connectivity index is 2.01. The summed E-state index contributed by atoms with van der Waals surface area (Å²) < 4.78 is 6.80. The zero-order valence-corrected chi connectivity index (χ0v) is 13.8. The number of aromatic nitrogens is 3. The molecule has 0 spiro atoms. The number of rotatable bonds is 4. The third-order valence-corrected chi connectivity index (χ3v) is 3.78. The van der Waals surface area contributed by atoms with E-state index in [4.69, 9.17) is 4.74 Å². The quantitative estimate of drug-likeness (QED) is 0.741. The van der Waals surface area contributed by atoms with E-state index in [1.807, 2.05) is 37.4 Å². The Hall–Kier alpha value is -3.59. The molecule has 0 unspecified atom stereocenters. The van der Waals surface area contributed by atoms with Crippen LogP contribution in [-0.4, -0.2) is 27.0 Å². The number of nitrogens with zero attached hydrogens (tertiary/aromatic N) is 4. The number of ether oxygens (including phenoxy) is 1. The Bertz CT molecular complexity index is 969. The largest absolute Gasteiger partial charge is 0.504 e. The maximum absolute atomic E-state index is 9.88. The molecule has 124 valence electrons. The monoisotopic (exact) mass is 332 g/mol. The van der Waals surface area contributed by atoms with Crippen molar-refractivity contribution in [1.82, 2.24) is 14.8 Å². The van der Waals surface area contributed by atoms with Crippen molar-refractivity contribution in [3.8, 4) is 29.0 Å². The predicted molar refractivity (Wildman–Crippen MR) is 94.6 cm³/mol. The van der Waals surface area contributed by atoms with Crippen LogP contribution in [0.25, 0.3) is 23.0 Å². The van der Waals surface area contributed by atoms with E-state index in [0.29, 0.717) is 28.5 Å². The summed E-state index contributed by atoms with van der Waals surface area (Å²) in [6.07, 6.45) is 1.65. The van der Waals surface area contributed by atoms with Gasteiger partial charge in [0.2, 0.25) is 0 Å². The fourth-order valence-electron chi connectivity index (χ4n) is 2.51. The summed E-state index contributed by atoms with van der Waals surface area (Å²) in [5.74, 6) is 1.52. The normalized spacial score (nSPS) is 11.2. The number of phenolic OH excluding ortho intramolecular Hbond substituents is 1. The van der Waals surface area contributed by atoms with Crippen LogP contribution in [0.3, 0.4) is 0 Å². The maximum atomic E-state index is 9.88. The van der Waals surface area contributed by atoms with E-state index in [0.717, 1.165) is 5.56 Å². The van der Waals surface area contributed by atoms with Gasteiger partial charge in [0.05, 0.1) is 12.7 Å². The van der Waals surface area contributed by atoms with Gasteiger partial charge < -0.3 is 14.4 Å². The van der Waals surface area contributed by atoms with Gasteiger partial charge in [0.1, 0.15) is 6.07 Å². The predicted octanol–water partition coefficient (Wildman–Crippen LogP) is 3.26. The molecule has 0 aliphatic rings. The lowest BCUT2D eigenvalue weighted by atomic mass is 10.1. The summed E-state index contributed by atoms with van der Waals surface area (Å²) in [6, 6.07) is 16.7. The lowest BCUT2D eigenvalue weighted by molar-refractivity contribution is 0.373. The minimum Gasteiger partial charge on any atom is -0.504 e. The van der Waals surface area contributed by atoms with Gasteiger partial charge in [-0.05, 0) is 23.8 Å². The highest BCUT2D eigenvalue weighted by Crippen LogP contribution is 2.28. The molecule has 0 bridgehead atoms. The van der Waals surface area contributed by atoms with Crippen molar-refractivity contribution in [2.24, 2.45) is 7.05 Å². The van der Waals surface area contributed by atoms with Crippen molar-refractivity contribution in [3.05, 3.63) is 59.9 Å². The first-order valence-electron chi connectivity index (χ1n) is 7.58. The Morgan fingerprint density at radius 2 is 1.96 bits per heavy atom. The molecule has 0 amide bonds. The number of methoxy groups -OCH3 is 1. The second-order valence-electron chi connectivity index (χ2n) is 5.37. The third kappa shape index (κ3) is 3.21. The molecule has 1 aromatic heterocycles. The zero-order valence-electron chi connectivity index (χ0n) is 13.8. The Morgan fingerprint density at radius 3 is 2.60 bits per heavy atom. The highest BCUT2D eigenvalue weighted by molar-refractivity contribution is 5.88. The van der Waals surface area contributed by atoms with E-state index in [-0.39, 0.29) is 5.75 Å². The maximum Gasteiger partial charge on any atom is 0.174 e. The number of aromatic hydroxyl groups is 1. The second kappa shape index (κ2) is 6.89. The van der Waals surface area contributed by atoms with Gasteiger partial charge in [-0.25, -0.2) is 0 Å². The molecule has 3 aromatic rings. The Kier molecular flexibility index (Phi) is 4.48. The van der Waals surface area contributed by atoms with Gasteiger partial charge in [-0.1, -0.05) is 36.4 Å². The van der Waals surface area contributed by atoms with Gasteiger partial charge in [0, 0.05) is 12.6 Å². The fourth-order valence-corrected chi connectivity index (χ4v) is 2.51. The molecule has 3 rings (SSSR count). The first-order valence-corrected chi connectivity index (χ1v) is 7.58. The number of benzene rings is 2. The van der Waals surface area contributed by atoms with Crippen molar-refractivity contribution >= 4 is 11.6 Å². The van der Waals surface area contributed by atoms with Crippen LogP contribution in [0.4, 0.5) is 0 Å². The standard InChI is InChI=1S/C19H16N4O2/c1-23-18(14-6-4-3-5-7-14)21-22-19(23)15(12-20)10-13-8-9-17(25-2)16(24)11-13/h3-11,24H,1-2H3. The molecule has 0 saturated carbocycles. The van der Waals surface area contributed by atoms with Gasteiger partial charge >= 0.3 is 0 Å². The molecule has 1 N–H and O–H groups in total. The average molecular weight is 332 g/mol. The van der Waals surface area contributed by atoms with Gasteiger partial charge in [-0.2, -0.15) is 5.26 Å². The SMILES string of the molecule is COc1ccc(C=C(C#N)c2nnc(-c3ccccc3)n2C)cc1O. The van der Waals surface area contributed by atoms with Crippen molar-refractivity contribution in [2.75, 3.05) is 7.11 Å². The molecule has 1 heterocycles. The van der Waals surface area contributed by atoms with Crippen molar-refractivity contribution in [3.63, 3.8) is 0 Å². The molecule has 0 aliphatic carbocycles. The van der Waals surface area contributed by atoms with Gasteiger partial charge in [0.15, 0.2) is 23.1 Å². The zero-order chi connectivity index (χ0) is 17.8. The molecule has 25 heavy (non-hydrogen) atoms. The number of hydrogen-bond donors (Lipinski definition) is 1. The Morgan fingerprint density at radius 1 is 1.20 bits per heavy atom. The lowest BCUT2D eigenvalue weighted by Crippen LogP contribution is -1.98. The summed E-state index contributed by atoms with van der Waals surface area (Å²) in [5.41, 5.74) is 1.93. The summed E-state index contributed by atoms with van der Waals surface area (Å²) in [4.78, 5) is 0. The van der Waals surface area contributed by atoms with E-state index in [2.05, 4.69) is 16.3 Å². The van der Waals surface area contributed by atoms with Crippen LogP contribution in [0.5, 0.6) is 11.5 Å². The minimum atomic E-state index is 0.0106. The summed E-state index contributed by atoms with van der Waals surface area (Å²) in [5, 5.41) is 27.8. The van der Waals surface area contributed by atoms with Crippen molar-refractivity contribution in [1.29, 1.82) is 5.26 Å². The molecule has 0 saturated heterocycles. The highest BCUT2D eigenvalue weighted by Gasteiger charge is 2.14. The molecule has 0 atom stereocenters. The summed E-state index contributed by atoms with van der Waals surface area (Å²) in [6.45, 7) is 0. The van der Waals surface area contributed by atoms with Crippen LogP contribution in [0.1, 0.15) is 11.4 Å². The summed E-state index contributed by atoms with van der Waals surface area (Å²) >= 11 is 0. The van der Waals surface area contributed by atoms with Crippen LogP contribution in [0, 0.1) is 11.3 Å². The first-order chi connectivity index (χ1) is 12.1. The molecule has 0 aliphatic heterocycles. The Labute approximate surface area is 145 Å². The lowest BCUT2D eigenvalue weighted by Gasteiger charge is -2.05. The van der Waals surface area contributed by atoms with Crippen molar-refractivity contribution in [2.45, 2.75) is 0 Å². The van der Waals surface area contributed by atoms with Gasteiger partial charge in [-0.15, -0.1) is 10.2 Å². The van der Waals surface area contributed by atoms with Gasteiger partial charge in [-0.3, -0.25) is 0 Å². The molecule has 6 heteroatoms. The summed E-state index contributed by atoms with van der Waals surface area (Å²) in [7, 11) is 3.30. The van der Waals surface area contributed by atoms with E-state index >= 15 is 0 Å². The molecule has 0 fully saturated rings. The van der Waals surface area contributed by atoms with Crippen LogP contribution in [0.15, 0.2) is 48.5 Å². The molecular formula is C19H16N4O2. The van der Waals surface area contributed by atoms with Crippen LogP contribution in [0.2, 0.25) is 0 Å². The smallest absolute Gasteiger partial charge is 0.174 e. The van der Waals surface area contributed by atoms with Crippen LogP contribution >= 0.6 is 0 Å². The number of hydrogen-bond acceptors (Lipinski definition) is 5. The first kappa shape index (κ1) is 16.3. The third-order valence-electron chi connectivity index (χ3n) is 3.78. The fraction of sp³-hybridized carbons (Fsp3) is 0.105. The van der Waals surface area contributed by atoms with E-state index < -0.39 is 0 Å². The second-order valence-corrected chi connectivity index (χ2v) is 5.37. The molecule has 0 radical (unpaired) electrons. The van der Waals surface area contributed by atoms with E-state index in [1.54, 1.807) is 22.8 Å². The van der Waals surface area contributed by atoms with Crippen molar-refractivity contribution < 1.29 is 9.84 Å². The molecule has 2 aromatic carbocycles. The van der Waals surface area contributed by atoms with E-state index in [1.165, 1.54) is 13.2 Å². The molecular weight excluding hydrogens is 316 g/mol. The van der Waals surface area contributed by atoms with E-state index in [9.17, 15) is 10.4 Å². The molecule has 6 nitrogen and oxygen atoms in total. The minimum absolute atomic E-state index is 0.0106. The topological polar surface area (TPSA) is 84.0 Å². The number of allylic oxidation sites excluding steroid dienone is 1.